The molecule has 0 radical (unpaired) electrons. The molecule has 0 spiro atoms. The maximum atomic E-state index is 12.6. The number of rotatable bonds is 3. The van der Waals surface area contributed by atoms with Crippen molar-refractivity contribution in [1.82, 2.24) is 9.62 Å². The molecule has 23 heavy (non-hydrogen) atoms. The zero-order valence-corrected chi connectivity index (χ0v) is 15.1. The van der Waals surface area contributed by atoms with Crippen molar-refractivity contribution in [2.24, 2.45) is 5.92 Å². The molecule has 9 heteroatoms. The van der Waals surface area contributed by atoms with Gasteiger partial charge in [0.1, 0.15) is 0 Å². The number of carbonyl (C=O) groups is 1. The molecule has 1 aromatic carbocycles. The SMILES string of the molecule is CN(C(=O)C1CNCCOC1c1ccc(Cl)c(Cl)c1)S(C)(=O)=O. The summed E-state index contributed by atoms with van der Waals surface area (Å²) in [4.78, 5) is 12.6. The Hall–Kier alpha value is -0.860. The van der Waals surface area contributed by atoms with Crippen LogP contribution >= 0.6 is 23.2 Å². The molecule has 0 saturated carbocycles. The fourth-order valence-electron chi connectivity index (χ4n) is 2.37. The van der Waals surface area contributed by atoms with E-state index >= 15 is 0 Å². The number of carbonyl (C=O) groups excluding carboxylic acids is 1. The van der Waals surface area contributed by atoms with E-state index in [9.17, 15) is 13.2 Å². The second kappa shape index (κ2) is 7.36. The highest BCUT2D eigenvalue weighted by Gasteiger charge is 2.36. The van der Waals surface area contributed by atoms with Crippen LogP contribution in [0.15, 0.2) is 18.2 Å². The molecule has 0 bridgehead atoms. The third-order valence-electron chi connectivity index (χ3n) is 3.70. The summed E-state index contributed by atoms with van der Waals surface area (Å²) in [5.74, 6) is -1.22. The van der Waals surface area contributed by atoms with Crippen LogP contribution < -0.4 is 5.32 Å². The first-order valence-electron chi connectivity index (χ1n) is 6.97. The predicted molar refractivity (Wildman–Crippen MR) is 89.1 cm³/mol. The summed E-state index contributed by atoms with van der Waals surface area (Å²) in [6, 6.07) is 4.99. The molecule has 6 nitrogen and oxygen atoms in total. The molecule has 2 rings (SSSR count). The van der Waals surface area contributed by atoms with Gasteiger partial charge >= 0.3 is 0 Å². The van der Waals surface area contributed by atoms with Crippen LogP contribution in [0.25, 0.3) is 0 Å². The van der Waals surface area contributed by atoms with Crippen molar-refractivity contribution in [2.45, 2.75) is 6.10 Å². The van der Waals surface area contributed by atoms with Crippen molar-refractivity contribution in [1.29, 1.82) is 0 Å². The second-order valence-corrected chi connectivity index (χ2v) is 8.17. The fraction of sp³-hybridized carbons (Fsp3) is 0.500. The van der Waals surface area contributed by atoms with Gasteiger partial charge in [-0.3, -0.25) is 4.79 Å². The minimum atomic E-state index is -3.63. The molecule has 1 N–H and O–H groups in total. The standard InChI is InChI=1S/C14H18Cl2N2O4S/c1-18(23(2,20)21)14(19)10-8-17-5-6-22-13(10)9-3-4-11(15)12(16)7-9/h3-4,7,10,13,17H,5-6,8H2,1-2H3. The van der Waals surface area contributed by atoms with Crippen molar-refractivity contribution in [2.75, 3.05) is 33.0 Å². The molecule has 128 valence electrons. The van der Waals surface area contributed by atoms with E-state index in [0.29, 0.717) is 35.3 Å². The van der Waals surface area contributed by atoms with Crippen LogP contribution in [-0.2, 0) is 19.6 Å². The van der Waals surface area contributed by atoms with E-state index in [1.54, 1.807) is 18.2 Å². The smallest absolute Gasteiger partial charge is 0.243 e. The minimum absolute atomic E-state index is 0.309. The predicted octanol–water partition coefficient (Wildman–Crippen LogP) is 1.69. The van der Waals surface area contributed by atoms with Gasteiger partial charge in [-0.05, 0) is 17.7 Å². The summed E-state index contributed by atoms with van der Waals surface area (Å²) in [6.45, 7) is 1.28. The molecule has 1 saturated heterocycles. The lowest BCUT2D eigenvalue weighted by atomic mass is 9.94. The number of ether oxygens (including phenoxy) is 1. The van der Waals surface area contributed by atoms with Crippen LogP contribution in [0, 0.1) is 5.92 Å². The van der Waals surface area contributed by atoms with E-state index in [-0.39, 0.29) is 0 Å². The molecular formula is C14H18Cl2N2O4S. The average Bonchev–Trinajstić information content (AvgIpc) is 2.73. The van der Waals surface area contributed by atoms with Crippen molar-refractivity contribution in [3.8, 4) is 0 Å². The molecule has 1 fully saturated rings. The van der Waals surface area contributed by atoms with Gasteiger partial charge in [0, 0.05) is 20.1 Å². The largest absolute Gasteiger partial charge is 0.371 e. The first-order valence-corrected chi connectivity index (χ1v) is 9.57. The fourth-order valence-corrected chi connectivity index (χ4v) is 3.14. The number of benzene rings is 1. The number of hydrogen-bond acceptors (Lipinski definition) is 5. The Morgan fingerprint density at radius 2 is 2.04 bits per heavy atom. The zero-order chi connectivity index (χ0) is 17.2. The highest BCUT2D eigenvalue weighted by Crippen LogP contribution is 2.33. The van der Waals surface area contributed by atoms with Crippen LogP contribution in [-0.4, -0.2) is 51.6 Å². The van der Waals surface area contributed by atoms with Gasteiger partial charge in [0.15, 0.2) is 0 Å². The van der Waals surface area contributed by atoms with Crippen LogP contribution in [0.1, 0.15) is 11.7 Å². The second-order valence-electron chi connectivity index (χ2n) is 5.34. The third-order valence-corrected chi connectivity index (χ3v) is 5.62. The quantitative estimate of drug-likeness (QED) is 0.863. The molecule has 1 aliphatic rings. The van der Waals surface area contributed by atoms with Gasteiger partial charge in [-0.15, -0.1) is 0 Å². The molecule has 1 aliphatic heterocycles. The van der Waals surface area contributed by atoms with Gasteiger partial charge < -0.3 is 10.1 Å². The molecule has 0 aliphatic carbocycles. The van der Waals surface area contributed by atoms with E-state index in [4.69, 9.17) is 27.9 Å². The number of nitrogens with one attached hydrogen (secondary N) is 1. The monoisotopic (exact) mass is 380 g/mol. The Kier molecular flexibility index (Phi) is 5.91. The molecule has 2 atom stereocenters. The van der Waals surface area contributed by atoms with E-state index < -0.39 is 28.0 Å². The molecule has 0 aromatic heterocycles. The number of nitrogens with zero attached hydrogens (tertiary/aromatic N) is 1. The van der Waals surface area contributed by atoms with Crippen LogP contribution in [0.3, 0.4) is 0 Å². The Morgan fingerprint density at radius 3 is 2.65 bits per heavy atom. The van der Waals surface area contributed by atoms with Crippen LogP contribution in [0.2, 0.25) is 10.0 Å². The Balaban J connectivity index is 2.37. The number of sulfonamides is 1. The summed E-state index contributed by atoms with van der Waals surface area (Å²) < 4.78 is 29.8. The number of halogens is 2. The van der Waals surface area contributed by atoms with Crippen LogP contribution in [0.4, 0.5) is 0 Å². The van der Waals surface area contributed by atoms with Crippen molar-refractivity contribution in [3.63, 3.8) is 0 Å². The van der Waals surface area contributed by atoms with E-state index in [1.807, 2.05) is 0 Å². The topological polar surface area (TPSA) is 75.7 Å². The molecular weight excluding hydrogens is 363 g/mol. The van der Waals surface area contributed by atoms with Crippen molar-refractivity contribution in [3.05, 3.63) is 33.8 Å². The lowest BCUT2D eigenvalue weighted by molar-refractivity contribution is -0.134. The molecule has 1 aromatic rings. The highest BCUT2D eigenvalue weighted by atomic mass is 35.5. The van der Waals surface area contributed by atoms with Gasteiger partial charge in [-0.2, -0.15) is 0 Å². The van der Waals surface area contributed by atoms with Gasteiger partial charge in [0.05, 0.1) is 34.9 Å². The third kappa shape index (κ3) is 4.36. The number of hydrogen-bond donors (Lipinski definition) is 1. The van der Waals surface area contributed by atoms with E-state index in [2.05, 4.69) is 5.32 Å². The normalized spacial score (nSPS) is 22.4. The maximum Gasteiger partial charge on any atom is 0.243 e. The van der Waals surface area contributed by atoms with Gasteiger partial charge in [-0.1, -0.05) is 29.3 Å². The van der Waals surface area contributed by atoms with Crippen LogP contribution in [0.5, 0.6) is 0 Å². The lowest BCUT2D eigenvalue weighted by Gasteiger charge is -2.27. The highest BCUT2D eigenvalue weighted by molar-refractivity contribution is 7.88. The Labute approximate surface area is 145 Å². The zero-order valence-electron chi connectivity index (χ0n) is 12.8. The Bertz CT molecular complexity index is 696. The van der Waals surface area contributed by atoms with Gasteiger partial charge in [0.2, 0.25) is 15.9 Å². The number of amides is 1. The van der Waals surface area contributed by atoms with Crippen molar-refractivity contribution < 1.29 is 17.9 Å². The van der Waals surface area contributed by atoms with Crippen molar-refractivity contribution >= 4 is 39.1 Å². The van der Waals surface area contributed by atoms with E-state index in [1.165, 1.54) is 7.05 Å². The first-order chi connectivity index (χ1) is 10.7. The molecule has 1 amide bonds. The lowest BCUT2D eigenvalue weighted by Crippen LogP contribution is -2.42. The maximum absolute atomic E-state index is 12.6. The summed E-state index contributed by atoms with van der Waals surface area (Å²) in [7, 11) is -2.39. The molecule has 2 unspecified atom stereocenters. The van der Waals surface area contributed by atoms with Gasteiger partial charge in [-0.25, -0.2) is 12.7 Å². The average molecular weight is 381 g/mol. The summed E-state index contributed by atoms with van der Waals surface area (Å²) in [6.07, 6.45) is 0.390. The minimum Gasteiger partial charge on any atom is -0.371 e. The summed E-state index contributed by atoms with van der Waals surface area (Å²) in [5, 5.41) is 3.84. The Morgan fingerprint density at radius 1 is 1.35 bits per heavy atom. The molecule has 1 heterocycles. The van der Waals surface area contributed by atoms with E-state index in [0.717, 1.165) is 10.6 Å². The summed E-state index contributed by atoms with van der Waals surface area (Å²) >= 11 is 12.0. The van der Waals surface area contributed by atoms with Gasteiger partial charge in [0.25, 0.3) is 0 Å². The summed E-state index contributed by atoms with van der Waals surface area (Å²) in [5.41, 5.74) is 0.684. The first kappa shape index (κ1) is 18.5.